The topological polar surface area (TPSA) is 157 Å². The van der Waals surface area contributed by atoms with Crippen LogP contribution in [0.25, 0.3) is 0 Å². The number of aromatic nitrogens is 1. The van der Waals surface area contributed by atoms with Crippen LogP contribution in [0.4, 0.5) is 5.69 Å². The molecule has 2 aliphatic rings. The van der Waals surface area contributed by atoms with Gasteiger partial charge in [0.2, 0.25) is 0 Å². The number of hydrogen-bond acceptors (Lipinski definition) is 11. The molecule has 3 atom stereocenters. The zero-order chi connectivity index (χ0) is 46.4. The number of Topliss-reactive ketones (excluding diaryl/α,β-unsaturated/α-hetero) is 1. The van der Waals surface area contributed by atoms with Gasteiger partial charge in [-0.2, -0.15) is 4.99 Å². The summed E-state index contributed by atoms with van der Waals surface area (Å²) in [6.07, 6.45) is 11.2. The lowest BCUT2D eigenvalue weighted by molar-refractivity contribution is -0.935. The van der Waals surface area contributed by atoms with E-state index in [1.165, 1.54) is 11.6 Å². The predicted octanol–water partition coefficient (Wildman–Crippen LogP) is 8.35. The van der Waals surface area contributed by atoms with Gasteiger partial charge in [-0.25, -0.2) is 14.6 Å². The number of hydrogen-bond donors (Lipinski definition) is 2. The van der Waals surface area contributed by atoms with Crippen LogP contribution in [0, 0.1) is 11.8 Å². The monoisotopic (exact) mass is 909 g/mol. The Labute approximate surface area is 389 Å². The summed E-state index contributed by atoms with van der Waals surface area (Å²) in [4.78, 5) is 48.0. The fourth-order valence-corrected chi connectivity index (χ4v) is 8.54. The van der Waals surface area contributed by atoms with Crippen molar-refractivity contribution in [1.29, 1.82) is 0 Å². The number of ether oxygens (including phenoxy) is 4. The van der Waals surface area contributed by atoms with Crippen molar-refractivity contribution in [3.8, 4) is 0 Å². The minimum atomic E-state index is -1.06. The number of carboxylic acid groups (broad SMARTS) is 2. The maximum Gasteiger partial charge on any atom is 0.354 e. The summed E-state index contributed by atoms with van der Waals surface area (Å²) in [5.41, 5.74) is 5.66. The van der Waals surface area contributed by atoms with Gasteiger partial charge in [0, 0.05) is 43.1 Å². The highest BCUT2D eigenvalue weighted by Gasteiger charge is 2.39. The van der Waals surface area contributed by atoms with E-state index < -0.39 is 11.9 Å². The second kappa shape index (κ2) is 26.8. The predicted molar refractivity (Wildman–Crippen MR) is 254 cm³/mol. The highest BCUT2D eigenvalue weighted by atomic mass is 32.1. The van der Waals surface area contributed by atoms with E-state index in [4.69, 9.17) is 31.2 Å². The van der Waals surface area contributed by atoms with Gasteiger partial charge in [-0.15, -0.1) is 0 Å². The van der Waals surface area contributed by atoms with Crippen molar-refractivity contribution < 1.29 is 48.0 Å². The fraction of sp³-hybridized carbons (Fsp3) is 0.471. The Balaban J connectivity index is 1.31. The van der Waals surface area contributed by atoms with Crippen molar-refractivity contribution in [1.82, 2.24) is 9.88 Å². The largest absolute Gasteiger partial charge is 0.478 e. The first-order valence-electron chi connectivity index (χ1n) is 22.7. The van der Waals surface area contributed by atoms with Crippen LogP contribution in [0.2, 0.25) is 0 Å². The first-order chi connectivity index (χ1) is 31.5. The first kappa shape index (κ1) is 51.0. The molecule has 0 spiro atoms. The van der Waals surface area contributed by atoms with Crippen molar-refractivity contribution in [2.75, 3.05) is 86.1 Å². The Bertz CT molecular complexity index is 2130. The molecule has 1 aliphatic carbocycles. The van der Waals surface area contributed by atoms with Crippen LogP contribution in [0.15, 0.2) is 107 Å². The number of rotatable bonds is 16. The molecule has 2 heterocycles. The van der Waals surface area contributed by atoms with Gasteiger partial charge in [0.25, 0.3) is 0 Å². The van der Waals surface area contributed by atoms with Crippen LogP contribution in [0.5, 0.6) is 0 Å². The van der Waals surface area contributed by atoms with E-state index in [-0.39, 0.29) is 34.9 Å². The van der Waals surface area contributed by atoms with Crippen LogP contribution in [-0.2, 0) is 36.7 Å². The molecule has 3 unspecified atom stereocenters. The van der Waals surface area contributed by atoms with Gasteiger partial charge in [0.15, 0.2) is 5.78 Å². The maximum atomic E-state index is 13.8. The van der Waals surface area contributed by atoms with E-state index in [0.29, 0.717) is 114 Å². The molecule has 0 radical (unpaired) electrons. The first-order valence-corrected chi connectivity index (χ1v) is 23.1. The summed E-state index contributed by atoms with van der Waals surface area (Å²) in [7, 11) is 2.20. The number of isothiocyanates is 1. The maximum absolute atomic E-state index is 13.8. The molecule has 13 nitrogen and oxygen atoms in total. The van der Waals surface area contributed by atoms with Crippen molar-refractivity contribution >= 4 is 40.8 Å². The summed E-state index contributed by atoms with van der Waals surface area (Å²) in [6, 6.07) is 20.8. The Hall–Kier alpha value is -5.02. The number of ketones is 1. The molecule has 1 saturated heterocycles. The lowest BCUT2D eigenvalue weighted by Crippen LogP contribution is -2.52. The third-order valence-electron chi connectivity index (χ3n) is 12.3. The van der Waals surface area contributed by atoms with Crippen molar-refractivity contribution in [3.05, 3.63) is 130 Å². The van der Waals surface area contributed by atoms with Crippen molar-refractivity contribution in [2.24, 2.45) is 16.8 Å². The standard InChI is InChI=1S/C51H64N4O9S/c1-4-38(12-13-39-14-20-44(21-15-39)52-37-65)34-48(56)41-16-18-42(19-17-41)49(46-10-6-8-43(50(57)58)35-40(46)5-2)55(3)24-28-63-32-30-61-26-22-54(23-27-62-31-33-64-29-25-55)36-45-9-7-11-47(53-45)51(59)60/h6-11,14-21,35,38,40,49H,4-5,12-13,22-34,36H2,1-3H3,(H-,57,58,59,60)/p+1. The molecule has 3 aromatic rings. The van der Waals surface area contributed by atoms with E-state index in [1.807, 2.05) is 54.6 Å². The number of nitrogens with zero attached hydrogens (tertiary/aromatic N) is 4. The number of allylic oxidation sites excluding steroid dienone is 3. The molecule has 2 aromatic carbocycles. The lowest BCUT2D eigenvalue weighted by atomic mass is 9.83. The highest BCUT2D eigenvalue weighted by molar-refractivity contribution is 7.78. The number of aliphatic imine (C=N–C) groups is 1. The SMILES string of the molecule is CCC(CCc1ccc(N=C=S)cc1)CC(=O)c1ccc(C(C2=CC=CC(C(=O)O)=CC2CC)[N+]2(C)CCOCCOCCN(Cc3cccc(C(=O)O)n3)CCOCCOCC2)cc1. The Morgan fingerprint density at radius 2 is 1.51 bits per heavy atom. The molecular formula is C51H65N4O9S+. The average Bonchev–Trinajstić information content (AvgIpc) is 3.52. The average molecular weight is 910 g/mol. The van der Waals surface area contributed by atoms with Crippen LogP contribution in [0.1, 0.15) is 83.2 Å². The molecule has 14 heteroatoms. The summed E-state index contributed by atoms with van der Waals surface area (Å²) in [6.45, 7) is 10.5. The Kier molecular flexibility index (Phi) is 21.0. The van der Waals surface area contributed by atoms with Gasteiger partial charge in [0.1, 0.15) is 24.8 Å². The molecule has 0 saturated carbocycles. The molecule has 0 amide bonds. The second-order valence-corrected chi connectivity index (χ2v) is 17.0. The molecule has 5 rings (SSSR count). The van der Waals surface area contributed by atoms with Gasteiger partial charge in [-0.3, -0.25) is 9.69 Å². The second-order valence-electron chi connectivity index (χ2n) is 16.8. The summed E-state index contributed by atoms with van der Waals surface area (Å²) in [5, 5.41) is 21.8. The number of pyridine rings is 1. The number of thiocarbonyl (C=S) groups is 1. The summed E-state index contributed by atoms with van der Waals surface area (Å²) in [5.74, 6) is -1.83. The number of carbonyl (C=O) groups is 3. The van der Waals surface area contributed by atoms with Gasteiger partial charge in [-0.1, -0.05) is 81.0 Å². The zero-order valence-electron chi connectivity index (χ0n) is 38.1. The number of carbonyl (C=O) groups excluding carboxylic acids is 1. The van der Waals surface area contributed by atoms with Crippen molar-refractivity contribution in [2.45, 2.75) is 58.5 Å². The van der Waals surface area contributed by atoms with E-state index in [0.717, 1.165) is 36.1 Å². The smallest absolute Gasteiger partial charge is 0.354 e. The summed E-state index contributed by atoms with van der Waals surface area (Å²) < 4.78 is 25.0. The molecule has 0 bridgehead atoms. The fourth-order valence-electron chi connectivity index (χ4n) is 8.43. The van der Waals surface area contributed by atoms with E-state index in [2.05, 4.69) is 59.1 Å². The quantitative estimate of drug-likeness (QED) is 0.0614. The molecule has 348 valence electrons. The molecule has 2 N–H and O–H groups in total. The third-order valence-corrected chi connectivity index (χ3v) is 12.4. The molecule has 1 fully saturated rings. The highest BCUT2D eigenvalue weighted by Crippen LogP contribution is 2.41. The normalized spacial score (nSPS) is 19.2. The van der Waals surface area contributed by atoms with E-state index in [9.17, 15) is 24.6 Å². The van der Waals surface area contributed by atoms with Gasteiger partial charge in [-0.05, 0) is 78.9 Å². The van der Waals surface area contributed by atoms with Crippen LogP contribution >= 0.6 is 12.2 Å². The minimum absolute atomic E-state index is 0.00934. The zero-order valence-corrected chi connectivity index (χ0v) is 38.9. The van der Waals surface area contributed by atoms with Gasteiger partial charge in [0.05, 0.1) is 82.0 Å². The number of benzene rings is 2. The Morgan fingerprint density at radius 1 is 0.862 bits per heavy atom. The van der Waals surface area contributed by atoms with Crippen molar-refractivity contribution in [3.63, 3.8) is 0 Å². The number of quaternary nitrogens is 1. The minimum Gasteiger partial charge on any atom is -0.478 e. The number of carboxylic acids is 2. The Morgan fingerprint density at radius 3 is 2.09 bits per heavy atom. The van der Waals surface area contributed by atoms with Gasteiger partial charge < -0.3 is 33.6 Å². The molecule has 1 aliphatic heterocycles. The molecule has 1 aromatic heterocycles. The van der Waals surface area contributed by atoms with Crippen LogP contribution < -0.4 is 0 Å². The number of aromatic carboxylic acids is 1. The number of aliphatic carboxylic acids is 1. The third kappa shape index (κ3) is 16.1. The van der Waals surface area contributed by atoms with E-state index >= 15 is 0 Å². The summed E-state index contributed by atoms with van der Waals surface area (Å²) >= 11 is 4.72. The van der Waals surface area contributed by atoms with E-state index in [1.54, 1.807) is 12.1 Å². The number of aryl methyl sites for hydroxylation is 1. The molecular weight excluding hydrogens is 845 g/mol. The molecule has 65 heavy (non-hydrogen) atoms. The number of likely N-dealkylation sites (N-methyl/N-ethyl adjacent to an activating group) is 1. The van der Waals surface area contributed by atoms with Gasteiger partial charge >= 0.3 is 11.9 Å². The van der Waals surface area contributed by atoms with Crippen LogP contribution in [0.3, 0.4) is 0 Å². The van der Waals surface area contributed by atoms with Crippen LogP contribution in [-0.4, -0.2) is 134 Å². The lowest BCUT2D eigenvalue weighted by Gasteiger charge is -2.44.